The first-order chi connectivity index (χ1) is 5.49. The minimum absolute atomic E-state index is 0.0975. The number of amides is 1. The maximum absolute atomic E-state index is 11.5. The quantitative estimate of drug-likeness (QED) is 0.602. The number of rotatable bonds is 1. The highest BCUT2D eigenvalue weighted by atomic mass is 16.2. The van der Waals surface area contributed by atoms with Crippen molar-refractivity contribution >= 4 is 5.91 Å². The Balaban J connectivity index is 2.37. The van der Waals surface area contributed by atoms with Crippen LogP contribution in [0.1, 0.15) is 27.2 Å². The van der Waals surface area contributed by atoms with E-state index in [4.69, 9.17) is 0 Å². The molecule has 0 aromatic carbocycles. The lowest BCUT2D eigenvalue weighted by Gasteiger charge is -2.22. The lowest BCUT2D eigenvalue weighted by molar-refractivity contribution is -0.125. The number of carbonyl (C=O) groups excluding carboxylic acids is 1. The average molecular weight is 170 g/mol. The molecule has 12 heavy (non-hydrogen) atoms. The topological polar surface area (TPSA) is 41.1 Å². The molecule has 0 saturated carbocycles. The molecule has 1 amide bonds. The molecular formula is C9H18N2O. The summed E-state index contributed by atoms with van der Waals surface area (Å²) in [6.45, 7) is 7.83. The summed E-state index contributed by atoms with van der Waals surface area (Å²) in [7, 11) is 0. The lowest BCUT2D eigenvalue weighted by Crippen LogP contribution is -2.44. The van der Waals surface area contributed by atoms with Gasteiger partial charge in [0.25, 0.3) is 0 Å². The van der Waals surface area contributed by atoms with Gasteiger partial charge in [-0.3, -0.25) is 4.79 Å². The Morgan fingerprint density at radius 3 is 2.58 bits per heavy atom. The van der Waals surface area contributed by atoms with E-state index >= 15 is 0 Å². The first-order valence-corrected chi connectivity index (χ1v) is 4.52. The van der Waals surface area contributed by atoms with Crippen molar-refractivity contribution in [2.75, 3.05) is 13.1 Å². The zero-order chi connectivity index (χ0) is 9.19. The maximum Gasteiger partial charge on any atom is 0.224 e. The first kappa shape index (κ1) is 9.52. The van der Waals surface area contributed by atoms with Crippen LogP contribution in [0.25, 0.3) is 0 Å². The van der Waals surface area contributed by atoms with Gasteiger partial charge in [0.1, 0.15) is 0 Å². The van der Waals surface area contributed by atoms with Crippen molar-refractivity contribution < 1.29 is 4.79 Å². The van der Waals surface area contributed by atoms with Crippen LogP contribution in [0.15, 0.2) is 0 Å². The van der Waals surface area contributed by atoms with Gasteiger partial charge < -0.3 is 10.6 Å². The minimum Gasteiger partial charge on any atom is -0.351 e. The number of hydrogen-bond acceptors (Lipinski definition) is 2. The van der Waals surface area contributed by atoms with Crippen LogP contribution in [-0.4, -0.2) is 24.5 Å². The van der Waals surface area contributed by atoms with Crippen molar-refractivity contribution in [2.45, 2.75) is 32.7 Å². The Kier molecular flexibility index (Phi) is 2.73. The summed E-state index contributed by atoms with van der Waals surface area (Å²) in [4.78, 5) is 11.5. The van der Waals surface area contributed by atoms with Gasteiger partial charge in [-0.25, -0.2) is 0 Å². The molecule has 1 atom stereocenters. The molecule has 2 N–H and O–H groups in total. The number of nitrogens with one attached hydrogen (secondary N) is 2. The van der Waals surface area contributed by atoms with Gasteiger partial charge in [0.2, 0.25) is 5.91 Å². The molecule has 1 rings (SSSR count). The molecule has 1 fully saturated rings. The summed E-state index contributed by atoms with van der Waals surface area (Å²) in [5.74, 6) is 0.372. The zero-order valence-electron chi connectivity index (χ0n) is 8.11. The fraction of sp³-hybridized carbons (Fsp3) is 0.889. The van der Waals surface area contributed by atoms with Crippen molar-refractivity contribution in [3.63, 3.8) is 0 Å². The lowest BCUT2D eigenvalue weighted by atomic mass is 10.0. The summed E-state index contributed by atoms with van der Waals surface area (Å²) in [5, 5.41) is 6.16. The highest BCUT2D eigenvalue weighted by Crippen LogP contribution is 2.09. The maximum atomic E-state index is 11.5. The fourth-order valence-corrected chi connectivity index (χ4v) is 1.35. The molecular weight excluding hydrogens is 152 g/mol. The molecule has 0 radical (unpaired) electrons. The van der Waals surface area contributed by atoms with E-state index in [0.29, 0.717) is 0 Å². The van der Waals surface area contributed by atoms with Gasteiger partial charge in [0.05, 0.1) is 5.92 Å². The highest BCUT2D eigenvalue weighted by molar-refractivity contribution is 5.79. The van der Waals surface area contributed by atoms with Gasteiger partial charge in [0, 0.05) is 12.1 Å². The Hall–Kier alpha value is -0.570. The smallest absolute Gasteiger partial charge is 0.224 e. The molecule has 0 aliphatic carbocycles. The van der Waals surface area contributed by atoms with Crippen molar-refractivity contribution in [2.24, 2.45) is 5.92 Å². The molecule has 0 spiro atoms. The molecule has 1 aliphatic heterocycles. The van der Waals surface area contributed by atoms with E-state index in [9.17, 15) is 4.79 Å². The predicted octanol–water partition coefficient (Wildman–Crippen LogP) is 0.511. The molecule has 0 bridgehead atoms. The Morgan fingerprint density at radius 2 is 2.17 bits per heavy atom. The average Bonchev–Trinajstić information content (AvgIpc) is 2.32. The molecule has 0 aromatic rings. The standard InChI is InChI=1S/C9H18N2O/c1-9(2,3)11-8(12)7-4-5-10-6-7/h7,10H,4-6H2,1-3H3,(H,11,12)/t7-/m1/s1. The molecule has 3 nitrogen and oxygen atoms in total. The van der Waals surface area contributed by atoms with E-state index in [1.807, 2.05) is 20.8 Å². The second-order valence-electron chi connectivity index (χ2n) is 4.43. The van der Waals surface area contributed by atoms with E-state index < -0.39 is 0 Å². The van der Waals surface area contributed by atoms with Gasteiger partial charge in [-0.05, 0) is 33.7 Å². The summed E-state index contributed by atoms with van der Waals surface area (Å²) in [6.07, 6.45) is 0.974. The summed E-state index contributed by atoms with van der Waals surface area (Å²) in [5.41, 5.74) is -0.0975. The van der Waals surface area contributed by atoms with Gasteiger partial charge in [0.15, 0.2) is 0 Å². The number of carbonyl (C=O) groups is 1. The normalized spacial score (nSPS) is 24.1. The van der Waals surface area contributed by atoms with Gasteiger partial charge in [-0.2, -0.15) is 0 Å². The second-order valence-corrected chi connectivity index (χ2v) is 4.43. The van der Waals surface area contributed by atoms with Crippen molar-refractivity contribution in [1.82, 2.24) is 10.6 Å². The monoisotopic (exact) mass is 170 g/mol. The SMILES string of the molecule is CC(C)(C)NC(=O)[C@@H]1CCNC1. The van der Waals surface area contributed by atoms with Crippen molar-refractivity contribution in [3.8, 4) is 0 Å². The summed E-state index contributed by atoms with van der Waals surface area (Å²) < 4.78 is 0. The predicted molar refractivity (Wildman–Crippen MR) is 48.9 cm³/mol. The third-order valence-corrected chi connectivity index (χ3v) is 1.93. The van der Waals surface area contributed by atoms with Crippen LogP contribution < -0.4 is 10.6 Å². The van der Waals surface area contributed by atoms with E-state index in [-0.39, 0.29) is 17.4 Å². The van der Waals surface area contributed by atoms with Gasteiger partial charge >= 0.3 is 0 Å². The third kappa shape index (κ3) is 2.81. The second kappa shape index (κ2) is 3.44. The number of hydrogen-bond donors (Lipinski definition) is 2. The van der Waals surface area contributed by atoms with Crippen LogP contribution in [0.2, 0.25) is 0 Å². The van der Waals surface area contributed by atoms with Crippen LogP contribution in [-0.2, 0) is 4.79 Å². The van der Waals surface area contributed by atoms with E-state index in [1.54, 1.807) is 0 Å². The summed E-state index contributed by atoms with van der Waals surface area (Å²) >= 11 is 0. The molecule has 0 unspecified atom stereocenters. The Morgan fingerprint density at radius 1 is 1.50 bits per heavy atom. The first-order valence-electron chi connectivity index (χ1n) is 4.52. The van der Waals surface area contributed by atoms with Crippen LogP contribution in [0.3, 0.4) is 0 Å². The van der Waals surface area contributed by atoms with Crippen molar-refractivity contribution in [1.29, 1.82) is 0 Å². The van der Waals surface area contributed by atoms with Crippen LogP contribution in [0, 0.1) is 5.92 Å². The van der Waals surface area contributed by atoms with Crippen molar-refractivity contribution in [3.05, 3.63) is 0 Å². The fourth-order valence-electron chi connectivity index (χ4n) is 1.35. The van der Waals surface area contributed by atoms with Gasteiger partial charge in [-0.15, -0.1) is 0 Å². The van der Waals surface area contributed by atoms with Crippen LogP contribution >= 0.6 is 0 Å². The van der Waals surface area contributed by atoms with Crippen LogP contribution in [0.5, 0.6) is 0 Å². The third-order valence-electron chi connectivity index (χ3n) is 1.93. The molecule has 1 aliphatic rings. The van der Waals surface area contributed by atoms with E-state index in [2.05, 4.69) is 10.6 Å². The highest BCUT2D eigenvalue weighted by Gasteiger charge is 2.25. The Bertz CT molecular complexity index is 166. The molecule has 1 saturated heterocycles. The van der Waals surface area contributed by atoms with E-state index in [0.717, 1.165) is 19.5 Å². The largest absolute Gasteiger partial charge is 0.351 e. The van der Waals surface area contributed by atoms with E-state index in [1.165, 1.54) is 0 Å². The molecule has 0 aromatic heterocycles. The Labute approximate surface area is 73.9 Å². The molecule has 70 valence electrons. The summed E-state index contributed by atoms with van der Waals surface area (Å²) in [6, 6.07) is 0. The van der Waals surface area contributed by atoms with Gasteiger partial charge in [-0.1, -0.05) is 0 Å². The molecule has 3 heteroatoms. The molecule has 1 heterocycles. The minimum atomic E-state index is -0.0975. The van der Waals surface area contributed by atoms with Crippen LogP contribution in [0.4, 0.5) is 0 Å². The zero-order valence-corrected chi connectivity index (χ0v) is 8.11.